The zero-order chi connectivity index (χ0) is 12.4. The Hall–Kier alpha value is -1.73. The van der Waals surface area contributed by atoms with Crippen LogP contribution >= 0.6 is 0 Å². The first kappa shape index (κ1) is 11.7. The van der Waals surface area contributed by atoms with E-state index in [1.807, 2.05) is 25.1 Å². The molecule has 1 heterocycles. The molecule has 2 aromatic rings. The zero-order valence-electron chi connectivity index (χ0n) is 9.52. The third kappa shape index (κ3) is 2.69. The standard InChI is InChI=1S/C10H13N5OS/c1-6-5-7(3-4-8(6)17(2)16)12-10-13-9(11)14-15-10/h3-5H,1-2H3,(H4,11,12,13,14,15). The third-order valence-electron chi connectivity index (χ3n) is 2.24. The number of rotatable bonds is 3. The van der Waals surface area contributed by atoms with E-state index >= 15 is 0 Å². The minimum Gasteiger partial charge on any atom is -0.612 e. The molecule has 0 aliphatic rings. The molecule has 90 valence electrons. The minimum absolute atomic E-state index is 0.260. The lowest BCUT2D eigenvalue weighted by atomic mass is 10.2. The van der Waals surface area contributed by atoms with Gasteiger partial charge < -0.3 is 15.6 Å². The Morgan fingerprint density at radius 2 is 2.24 bits per heavy atom. The summed E-state index contributed by atoms with van der Waals surface area (Å²) in [5, 5.41) is 9.40. The lowest BCUT2D eigenvalue weighted by Crippen LogP contribution is -2.01. The maximum Gasteiger partial charge on any atom is 0.248 e. The van der Waals surface area contributed by atoms with E-state index in [1.54, 1.807) is 6.26 Å². The van der Waals surface area contributed by atoms with Gasteiger partial charge in [-0.2, -0.15) is 4.98 Å². The number of anilines is 3. The number of hydrogen-bond donors (Lipinski definition) is 3. The number of benzene rings is 1. The van der Waals surface area contributed by atoms with Crippen LogP contribution in [0.15, 0.2) is 23.1 Å². The number of aromatic nitrogens is 3. The average Bonchev–Trinajstić information content (AvgIpc) is 2.63. The molecule has 0 aliphatic heterocycles. The Labute approximate surface area is 102 Å². The molecule has 1 aromatic heterocycles. The summed E-state index contributed by atoms with van der Waals surface area (Å²) in [5.74, 6) is 0.669. The van der Waals surface area contributed by atoms with E-state index in [2.05, 4.69) is 20.5 Å². The smallest absolute Gasteiger partial charge is 0.248 e. The van der Waals surface area contributed by atoms with Gasteiger partial charge in [-0.25, -0.2) is 5.10 Å². The van der Waals surface area contributed by atoms with E-state index < -0.39 is 11.2 Å². The number of nitrogens with zero attached hydrogens (tertiary/aromatic N) is 2. The maximum absolute atomic E-state index is 11.4. The highest BCUT2D eigenvalue weighted by atomic mass is 32.2. The highest BCUT2D eigenvalue weighted by molar-refractivity contribution is 7.90. The van der Waals surface area contributed by atoms with Crippen LogP contribution < -0.4 is 11.1 Å². The summed E-state index contributed by atoms with van der Waals surface area (Å²) >= 11 is -0.976. The number of aromatic amines is 1. The Balaban J connectivity index is 2.20. The lowest BCUT2D eigenvalue weighted by Gasteiger charge is -2.09. The Morgan fingerprint density at radius 1 is 1.47 bits per heavy atom. The second kappa shape index (κ2) is 4.64. The molecule has 0 aliphatic carbocycles. The fourth-order valence-corrected chi connectivity index (χ4v) is 2.28. The molecule has 0 bridgehead atoms. The van der Waals surface area contributed by atoms with Gasteiger partial charge in [0.25, 0.3) is 0 Å². The van der Waals surface area contributed by atoms with Gasteiger partial charge in [0.05, 0.1) is 0 Å². The van der Waals surface area contributed by atoms with Gasteiger partial charge in [0.2, 0.25) is 11.9 Å². The molecule has 4 N–H and O–H groups in total. The van der Waals surface area contributed by atoms with E-state index in [-0.39, 0.29) is 5.95 Å². The number of nitrogens with two attached hydrogens (primary N) is 1. The highest BCUT2D eigenvalue weighted by Crippen LogP contribution is 2.21. The number of hydrogen-bond acceptors (Lipinski definition) is 5. The molecule has 2 rings (SSSR count). The number of nitrogens with one attached hydrogen (secondary N) is 2. The molecule has 1 aromatic carbocycles. The second-order valence-corrected chi connectivity index (χ2v) is 4.95. The topological polar surface area (TPSA) is 103 Å². The van der Waals surface area contributed by atoms with E-state index in [4.69, 9.17) is 5.73 Å². The third-order valence-corrected chi connectivity index (χ3v) is 3.32. The lowest BCUT2D eigenvalue weighted by molar-refractivity contribution is 0.600. The summed E-state index contributed by atoms with van der Waals surface area (Å²) < 4.78 is 11.4. The van der Waals surface area contributed by atoms with Crippen molar-refractivity contribution in [2.45, 2.75) is 11.8 Å². The summed E-state index contributed by atoms with van der Waals surface area (Å²) in [4.78, 5) is 4.76. The summed E-state index contributed by atoms with van der Waals surface area (Å²) in [6, 6.07) is 5.54. The molecular weight excluding hydrogens is 238 g/mol. The van der Waals surface area contributed by atoms with Gasteiger partial charge >= 0.3 is 0 Å². The van der Waals surface area contributed by atoms with E-state index in [0.717, 1.165) is 16.1 Å². The van der Waals surface area contributed by atoms with Crippen LogP contribution in [0.1, 0.15) is 5.56 Å². The molecule has 1 atom stereocenters. The average molecular weight is 251 g/mol. The van der Waals surface area contributed by atoms with Gasteiger partial charge in [-0.15, -0.1) is 5.10 Å². The van der Waals surface area contributed by atoms with Crippen LogP contribution in [0.25, 0.3) is 0 Å². The van der Waals surface area contributed by atoms with Crippen LogP contribution in [0.2, 0.25) is 0 Å². The SMILES string of the molecule is Cc1cc(Nc2n[nH]c(N)n2)ccc1[S+](C)[O-]. The van der Waals surface area contributed by atoms with E-state index in [9.17, 15) is 4.55 Å². The van der Waals surface area contributed by atoms with Gasteiger partial charge in [0.1, 0.15) is 6.26 Å². The maximum atomic E-state index is 11.4. The molecule has 17 heavy (non-hydrogen) atoms. The fourth-order valence-electron chi connectivity index (χ4n) is 1.51. The number of H-pyrrole nitrogens is 1. The Kier molecular flexibility index (Phi) is 3.21. The highest BCUT2D eigenvalue weighted by Gasteiger charge is 2.09. The van der Waals surface area contributed by atoms with Crippen LogP contribution in [0.3, 0.4) is 0 Å². The molecular formula is C10H13N5OS. The predicted molar refractivity (Wildman–Crippen MR) is 67.6 cm³/mol. The predicted octanol–water partition coefficient (Wildman–Crippen LogP) is 1.18. The summed E-state index contributed by atoms with van der Waals surface area (Å²) in [6.45, 7) is 1.91. The van der Waals surface area contributed by atoms with Crippen molar-refractivity contribution in [1.29, 1.82) is 0 Å². The van der Waals surface area contributed by atoms with Crippen LogP contribution in [0.5, 0.6) is 0 Å². The first-order valence-corrected chi connectivity index (χ1v) is 6.51. The molecule has 0 amide bonds. The van der Waals surface area contributed by atoms with Crippen molar-refractivity contribution in [2.24, 2.45) is 0 Å². The van der Waals surface area contributed by atoms with Crippen LogP contribution in [-0.4, -0.2) is 26.0 Å². The van der Waals surface area contributed by atoms with Crippen LogP contribution in [0.4, 0.5) is 17.6 Å². The second-order valence-electron chi connectivity index (χ2n) is 3.60. The van der Waals surface area contributed by atoms with Crippen molar-refractivity contribution in [3.8, 4) is 0 Å². The molecule has 0 spiro atoms. The molecule has 0 radical (unpaired) electrons. The van der Waals surface area contributed by atoms with Gasteiger partial charge in [-0.05, 0) is 36.3 Å². The number of aryl methyl sites for hydroxylation is 1. The van der Waals surface area contributed by atoms with Crippen molar-refractivity contribution in [2.75, 3.05) is 17.3 Å². The van der Waals surface area contributed by atoms with Crippen molar-refractivity contribution in [3.05, 3.63) is 23.8 Å². The Morgan fingerprint density at radius 3 is 2.76 bits per heavy atom. The van der Waals surface area contributed by atoms with Crippen molar-refractivity contribution in [1.82, 2.24) is 15.2 Å². The molecule has 0 saturated carbocycles. The van der Waals surface area contributed by atoms with Crippen molar-refractivity contribution in [3.63, 3.8) is 0 Å². The molecule has 7 heteroatoms. The molecule has 0 saturated heterocycles. The molecule has 1 unspecified atom stereocenters. The van der Waals surface area contributed by atoms with Gasteiger partial charge in [0, 0.05) is 11.3 Å². The molecule has 0 fully saturated rings. The van der Waals surface area contributed by atoms with Gasteiger partial charge in [-0.3, -0.25) is 0 Å². The quantitative estimate of drug-likeness (QED) is 0.711. The van der Waals surface area contributed by atoms with E-state index in [1.165, 1.54) is 0 Å². The van der Waals surface area contributed by atoms with Crippen molar-refractivity contribution < 1.29 is 4.55 Å². The summed E-state index contributed by atoms with van der Waals surface area (Å²) in [6.07, 6.45) is 1.66. The normalized spacial score (nSPS) is 12.4. The first-order valence-electron chi connectivity index (χ1n) is 4.95. The monoisotopic (exact) mass is 251 g/mol. The fraction of sp³-hybridized carbons (Fsp3) is 0.200. The zero-order valence-corrected chi connectivity index (χ0v) is 10.3. The van der Waals surface area contributed by atoms with Crippen LogP contribution in [0, 0.1) is 6.92 Å². The summed E-state index contributed by atoms with van der Waals surface area (Å²) in [5.41, 5.74) is 7.20. The van der Waals surface area contributed by atoms with Gasteiger partial charge in [-0.1, -0.05) is 0 Å². The summed E-state index contributed by atoms with van der Waals surface area (Å²) in [7, 11) is 0. The first-order chi connectivity index (χ1) is 8.06. The number of nitrogen functional groups attached to an aromatic ring is 1. The largest absolute Gasteiger partial charge is 0.612 e. The Bertz CT molecular complexity index is 525. The molecule has 6 nitrogen and oxygen atoms in total. The van der Waals surface area contributed by atoms with Crippen molar-refractivity contribution >= 4 is 28.8 Å². The van der Waals surface area contributed by atoms with Crippen LogP contribution in [-0.2, 0) is 11.2 Å². The minimum atomic E-state index is -0.976. The van der Waals surface area contributed by atoms with Gasteiger partial charge in [0.15, 0.2) is 4.90 Å². The van der Waals surface area contributed by atoms with E-state index in [0.29, 0.717) is 5.95 Å².